The Balaban J connectivity index is 2.72. The first kappa shape index (κ1) is 12.1. The Hall–Kier alpha value is -0.970. The fourth-order valence-electron chi connectivity index (χ4n) is 1.47. The molecule has 5 heteroatoms. The van der Waals surface area contributed by atoms with E-state index in [9.17, 15) is 13.2 Å². The number of halogens is 3. The molecule has 0 aromatic carbocycles. The molecule has 1 rings (SSSR count). The van der Waals surface area contributed by atoms with E-state index >= 15 is 0 Å². The lowest BCUT2D eigenvalue weighted by Gasteiger charge is -2.09. The maximum Gasteiger partial charge on any atom is 0.418 e. The number of hydrogen-bond acceptors (Lipinski definition) is 1. The van der Waals surface area contributed by atoms with Crippen LogP contribution in [0.5, 0.6) is 0 Å². The van der Waals surface area contributed by atoms with Crippen LogP contribution in [0.15, 0.2) is 12.3 Å². The smallest absolute Gasteiger partial charge is 0.385 e. The van der Waals surface area contributed by atoms with E-state index in [1.54, 1.807) is 11.7 Å². The van der Waals surface area contributed by atoms with E-state index in [0.717, 1.165) is 6.07 Å². The summed E-state index contributed by atoms with van der Waals surface area (Å²) in [6.45, 7) is 2.59. The fourth-order valence-corrected chi connectivity index (χ4v) is 1.47. The van der Waals surface area contributed by atoms with Crippen molar-refractivity contribution in [2.24, 2.45) is 0 Å². The molecule has 0 bridgehead atoms. The third kappa shape index (κ3) is 2.99. The Morgan fingerprint density at radius 2 is 2.07 bits per heavy atom. The fraction of sp³-hybridized carbons (Fsp3) is 0.600. The van der Waals surface area contributed by atoms with Crippen molar-refractivity contribution >= 4 is 0 Å². The van der Waals surface area contributed by atoms with Gasteiger partial charge in [-0.1, -0.05) is 0 Å². The molecule has 0 spiro atoms. The predicted octanol–water partition coefficient (Wildman–Crippen LogP) is 2.85. The number of nitrogens with zero attached hydrogens (tertiary/aromatic N) is 1. The molecule has 0 unspecified atom stereocenters. The number of aryl methyl sites for hydroxylation is 1. The summed E-state index contributed by atoms with van der Waals surface area (Å²) < 4.78 is 43.7. The number of rotatable bonds is 4. The Kier molecular flexibility index (Phi) is 3.79. The van der Waals surface area contributed by atoms with Gasteiger partial charge < -0.3 is 9.30 Å². The molecule has 1 aromatic heterocycles. The van der Waals surface area contributed by atoms with Crippen molar-refractivity contribution in [2.75, 3.05) is 13.7 Å². The zero-order valence-corrected chi connectivity index (χ0v) is 8.77. The molecule has 0 N–H and O–H groups in total. The van der Waals surface area contributed by atoms with E-state index in [-0.39, 0.29) is 5.69 Å². The highest BCUT2D eigenvalue weighted by Crippen LogP contribution is 2.32. The van der Waals surface area contributed by atoms with E-state index in [2.05, 4.69) is 0 Å². The molecule has 0 amide bonds. The van der Waals surface area contributed by atoms with Gasteiger partial charge in [-0.2, -0.15) is 13.2 Å². The third-order valence-corrected chi connectivity index (χ3v) is 2.29. The summed E-state index contributed by atoms with van der Waals surface area (Å²) >= 11 is 0. The minimum atomic E-state index is -4.25. The lowest BCUT2D eigenvalue weighted by Crippen LogP contribution is -2.08. The van der Waals surface area contributed by atoms with Crippen molar-refractivity contribution in [3.8, 4) is 0 Å². The van der Waals surface area contributed by atoms with E-state index in [0.29, 0.717) is 19.6 Å². The van der Waals surface area contributed by atoms with E-state index in [4.69, 9.17) is 4.74 Å². The molecule has 2 nitrogen and oxygen atoms in total. The summed E-state index contributed by atoms with van der Waals surface area (Å²) in [5, 5.41) is 0. The zero-order chi connectivity index (χ0) is 11.5. The van der Waals surface area contributed by atoms with Gasteiger partial charge in [-0.15, -0.1) is 0 Å². The van der Waals surface area contributed by atoms with Crippen LogP contribution in [0, 0.1) is 6.92 Å². The number of ether oxygens (including phenoxy) is 1. The van der Waals surface area contributed by atoms with Gasteiger partial charge in [0.25, 0.3) is 0 Å². The first-order valence-corrected chi connectivity index (χ1v) is 4.68. The summed E-state index contributed by atoms with van der Waals surface area (Å²) in [6, 6.07) is 1.11. The monoisotopic (exact) mass is 221 g/mol. The highest BCUT2D eigenvalue weighted by atomic mass is 19.4. The summed E-state index contributed by atoms with van der Waals surface area (Å²) in [5.41, 5.74) is -0.293. The van der Waals surface area contributed by atoms with Crippen molar-refractivity contribution in [1.29, 1.82) is 0 Å². The second-order valence-corrected chi connectivity index (χ2v) is 3.35. The van der Waals surface area contributed by atoms with E-state index in [1.165, 1.54) is 13.1 Å². The number of alkyl halides is 3. The number of hydrogen-bond donors (Lipinski definition) is 0. The quantitative estimate of drug-likeness (QED) is 0.713. The molecule has 0 aliphatic rings. The maximum atomic E-state index is 12.4. The third-order valence-electron chi connectivity index (χ3n) is 2.29. The van der Waals surface area contributed by atoms with Gasteiger partial charge in [-0.05, 0) is 19.4 Å². The Labute approximate surface area is 86.7 Å². The Morgan fingerprint density at radius 3 is 2.53 bits per heavy atom. The summed E-state index contributed by atoms with van der Waals surface area (Å²) in [5.74, 6) is 0. The molecule has 0 aliphatic carbocycles. The lowest BCUT2D eigenvalue weighted by molar-refractivity contribution is -0.138. The van der Waals surface area contributed by atoms with E-state index in [1.807, 2.05) is 0 Å². The highest BCUT2D eigenvalue weighted by Gasteiger charge is 2.33. The standard InChI is InChI=1S/C10H14F3NO/c1-8-9(10(11,12)13)4-6-14(8)5-3-7-15-2/h4,6H,3,5,7H2,1-2H3. The molecule has 0 aliphatic heterocycles. The van der Waals surface area contributed by atoms with Crippen LogP contribution in [0.1, 0.15) is 17.7 Å². The van der Waals surface area contributed by atoms with Crippen LogP contribution in [-0.2, 0) is 17.5 Å². The molecule has 0 saturated heterocycles. The van der Waals surface area contributed by atoms with Crippen LogP contribution in [0.4, 0.5) is 13.2 Å². The van der Waals surface area contributed by atoms with Crippen molar-refractivity contribution in [3.05, 3.63) is 23.5 Å². The minimum Gasteiger partial charge on any atom is -0.385 e. The van der Waals surface area contributed by atoms with E-state index < -0.39 is 11.7 Å². The molecule has 1 aromatic rings. The SMILES string of the molecule is COCCCn1ccc(C(F)(F)F)c1C. The van der Waals surface area contributed by atoms with Crippen LogP contribution >= 0.6 is 0 Å². The Morgan fingerprint density at radius 1 is 1.40 bits per heavy atom. The number of aromatic nitrogens is 1. The van der Waals surface area contributed by atoms with Gasteiger partial charge in [0.1, 0.15) is 0 Å². The Bertz CT molecular complexity index is 317. The minimum absolute atomic E-state index is 0.263. The zero-order valence-electron chi connectivity index (χ0n) is 8.77. The van der Waals surface area contributed by atoms with Crippen LogP contribution in [-0.4, -0.2) is 18.3 Å². The van der Waals surface area contributed by atoms with Crippen LogP contribution < -0.4 is 0 Å². The molecule has 0 fully saturated rings. The second-order valence-electron chi connectivity index (χ2n) is 3.35. The second kappa shape index (κ2) is 4.70. The van der Waals surface area contributed by atoms with Crippen molar-refractivity contribution in [2.45, 2.75) is 26.1 Å². The molecule has 0 radical (unpaired) electrons. The van der Waals surface area contributed by atoms with Crippen molar-refractivity contribution in [3.63, 3.8) is 0 Å². The first-order valence-electron chi connectivity index (χ1n) is 4.68. The topological polar surface area (TPSA) is 14.2 Å². The highest BCUT2D eigenvalue weighted by molar-refractivity contribution is 5.24. The van der Waals surface area contributed by atoms with Gasteiger partial charge in [0.05, 0.1) is 5.56 Å². The van der Waals surface area contributed by atoms with Gasteiger partial charge >= 0.3 is 6.18 Å². The van der Waals surface area contributed by atoms with Gasteiger partial charge in [0.15, 0.2) is 0 Å². The summed E-state index contributed by atoms with van der Waals surface area (Å²) in [4.78, 5) is 0. The van der Waals surface area contributed by atoms with Gasteiger partial charge in [0.2, 0.25) is 0 Å². The van der Waals surface area contributed by atoms with Gasteiger partial charge in [-0.25, -0.2) is 0 Å². The molecule has 0 saturated carbocycles. The molecule has 15 heavy (non-hydrogen) atoms. The average molecular weight is 221 g/mol. The normalized spacial score (nSPS) is 12.1. The molecular weight excluding hydrogens is 207 g/mol. The lowest BCUT2D eigenvalue weighted by atomic mass is 10.2. The number of methoxy groups -OCH3 is 1. The molecule has 0 atom stereocenters. The molecule has 1 heterocycles. The first-order chi connectivity index (χ1) is 6.96. The van der Waals surface area contributed by atoms with Crippen LogP contribution in [0.25, 0.3) is 0 Å². The average Bonchev–Trinajstić information content (AvgIpc) is 2.47. The van der Waals surface area contributed by atoms with Crippen LogP contribution in [0.2, 0.25) is 0 Å². The largest absolute Gasteiger partial charge is 0.418 e. The van der Waals surface area contributed by atoms with Gasteiger partial charge in [0, 0.05) is 32.2 Å². The van der Waals surface area contributed by atoms with Crippen molar-refractivity contribution in [1.82, 2.24) is 4.57 Å². The molecular formula is C10H14F3NO. The summed E-state index contributed by atoms with van der Waals surface area (Å²) in [7, 11) is 1.57. The maximum absolute atomic E-state index is 12.4. The van der Waals surface area contributed by atoms with Crippen molar-refractivity contribution < 1.29 is 17.9 Å². The molecule has 86 valence electrons. The van der Waals surface area contributed by atoms with Crippen LogP contribution in [0.3, 0.4) is 0 Å². The predicted molar refractivity (Wildman–Crippen MR) is 50.7 cm³/mol. The summed E-state index contributed by atoms with van der Waals surface area (Å²) in [6.07, 6.45) is -2.08. The van der Waals surface area contributed by atoms with Gasteiger partial charge in [-0.3, -0.25) is 0 Å².